The van der Waals surface area contributed by atoms with E-state index < -0.39 is 0 Å². The summed E-state index contributed by atoms with van der Waals surface area (Å²) in [5, 5.41) is 12.0. The summed E-state index contributed by atoms with van der Waals surface area (Å²) in [6.45, 7) is 3.32. The van der Waals surface area contributed by atoms with Crippen LogP contribution in [0.3, 0.4) is 0 Å². The molecule has 2 aromatic rings. The predicted molar refractivity (Wildman–Crippen MR) is 91.4 cm³/mol. The summed E-state index contributed by atoms with van der Waals surface area (Å²) in [6, 6.07) is 8.05. The molecule has 124 valence electrons. The second kappa shape index (κ2) is 8.69. The van der Waals surface area contributed by atoms with E-state index in [0.717, 1.165) is 28.5 Å². The molecule has 7 heteroatoms. The zero-order chi connectivity index (χ0) is 16.7. The van der Waals surface area contributed by atoms with Gasteiger partial charge in [0.2, 0.25) is 5.91 Å². The molecule has 6 nitrogen and oxygen atoms in total. The number of amides is 1. The van der Waals surface area contributed by atoms with Gasteiger partial charge in [-0.1, -0.05) is 36.0 Å². The highest BCUT2D eigenvalue weighted by Gasteiger charge is 2.13. The molecule has 0 aliphatic carbocycles. The van der Waals surface area contributed by atoms with E-state index in [-0.39, 0.29) is 5.91 Å². The van der Waals surface area contributed by atoms with Crippen LogP contribution in [0.2, 0.25) is 0 Å². The zero-order valence-electron chi connectivity index (χ0n) is 13.7. The lowest BCUT2D eigenvalue weighted by Gasteiger charge is -2.06. The largest absolute Gasteiger partial charge is 0.385 e. The molecule has 1 N–H and O–H groups in total. The minimum Gasteiger partial charge on any atom is -0.385 e. The number of thioether (sulfide) groups is 1. The summed E-state index contributed by atoms with van der Waals surface area (Å²) in [5.74, 6) is 1.13. The Morgan fingerprint density at radius 2 is 2.13 bits per heavy atom. The first-order valence-electron chi connectivity index (χ1n) is 7.47. The number of nitrogens with one attached hydrogen (secondary N) is 1. The predicted octanol–water partition coefficient (Wildman–Crippen LogP) is 2.04. The number of rotatable bonds is 8. The van der Waals surface area contributed by atoms with E-state index >= 15 is 0 Å². The smallest absolute Gasteiger partial charge is 0.230 e. The fourth-order valence-corrected chi connectivity index (χ4v) is 2.87. The summed E-state index contributed by atoms with van der Waals surface area (Å²) < 4.78 is 6.87. The fraction of sp³-hybridized carbons (Fsp3) is 0.438. The van der Waals surface area contributed by atoms with Crippen LogP contribution in [0.15, 0.2) is 29.4 Å². The van der Waals surface area contributed by atoms with Gasteiger partial charge in [-0.25, -0.2) is 0 Å². The van der Waals surface area contributed by atoms with Crippen LogP contribution in [-0.2, 0) is 16.6 Å². The average molecular weight is 334 g/mol. The number of methoxy groups -OCH3 is 1. The van der Waals surface area contributed by atoms with Crippen molar-refractivity contribution in [2.24, 2.45) is 7.05 Å². The third-order valence-electron chi connectivity index (χ3n) is 3.40. The highest BCUT2D eigenvalue weighted by molar-refractivity contribution is 7.99. The molecule has 0 aliphatic rings. The van der Waals surface area contributed by atoms with Crippen LogP contribution in [0.25, 0.3) is 11.4 Å². The van der Waals surface area contributed by atoms with Crippen molar-refractivity contribution in [1.82, 2.24) is 20.1 Å². The minimum atomic E-state index is -0.00783. The Balaban J connectivity index is 1.93. The van der Waals surface area contributed by atoms with E-state index in [9.17, 15) is 4.79 Å². The van der Waals surface area contributed by atoms with Crippen molar-refractivity contribution >= 4 is 17.7 Å². The van der Waals surface area contributed by atoms with Crippen molar-refractivity contribution in [2.75, 3.05) is 26.0 Å². The normalized spacial score (nSPS) is 10.7. The van der Waals surface area contributed by atoms with Crippen LogP contribution in [0.5, 0.6) is 0 Å². The molecular weight excluding hydrogens is 312 g/mol. The van der Waals surface area contributed by atoms with E-state index in [1.54, 1.807) is 7.11 Å². The first kappa shape index (κ1) is 17.5. The van der Waals surface area contributed by atoms with Gasteiger partial charge in [0.25, 0.3) is 0 Å². The van der Waals surface area contributed by atoms with Gasteiger partial charge in [0.05, 0.1) is 5.75 Å². The molecule has 1 aromatic heterocycles. The third kappa shape index (κ3) is 4.80. The molecule has 0 bridgehead atoms. The van der Waals surface area contributed by atoms with Crippen LogP contribution >= 0.6 is 11.8 Å². The van der Waals surface area contributed by atoms with Gasteiger partial charge >= 0.3 is 0 Å². The number of benzene rings is 1. The van der Waals surface area contributed by atoms with Gasteiger partial charge in [-0.05, 0) is 18.9 Å². The lowest BCUT2D eigenvalue weighted by molar-refractivity contribution is -0.118. The Morgan fingerprint density at radius 1 is 1.35 bits per heavy atom. The Bertz CT molecular complexity index is 657. The average Bonchev–Trinajstić information content (AvgIpc) is 2.91. The molecule has 2 rings (SSSR count). The summed E-state index contributed by atoms with van der Waals surface area (Å²) in [7, 11) is 3.57. The van der Waals surface area contributed by atoms with E-state index in [1.165, 1.54) is 11.8 Å². The second-order valence-corrected chi connectivity index (χ2v) is 6.11. The first-order chi connectivity index (χ1) is 11.1. The highest BCUT2D eigenvalue weighted by atomic mass is 32.2. The maximum Gasteiger partial charge on any atom is 0.230 e. The van der Waals surface area contributed by atoms with Crippen molar-refractivity contribution in [3.8, 4) is 11.4 Å². The number of aryl methyl sites for hydroxylation is 1. The number of carbonyl (C=O) groups is 1. The maximum atomic E-state index is 11.8. The van der Waals surface area contributed by atoms with Crippen molar-refractivity contribution in [3.63, 3.8) is 0 Å². The molecule has 23 heavy (non-hydrogen) atoms. The van der Waals surface area contributed by atoms with Gasteiger partial charge in [-0.15, -0.1) is 10.2 Å². The van der Waals surface area contributed by atoms with Gasteiger partial charge in [0.1, 0.15) is 0 Å². The van der Waals surface area contributed by atoms with Gasteiger partial charge in [-0.2, -0.15) is 0 Å². The molecular formula is C16H22N4O2S. The molecule has 0 spiro atoms. The number of ether oxygens (including phenoxy) is 1. The quantitative estimate of drug-likeness (QED) is 0.591. The molecule has 0 saturated carbocycles. The minimum absolute atomic E-state index is 0.00783. The van der Waals surface area contributed by atoms with Crippen LogP contribution in [0.1, 0.15) is 12.0 Å². The third-order valence-corrected chi connectivity index (χ3v) is 4.42. The van der Waals surface area contributed by atoms with Crippen molar-refractivity contribution in [3.05, 3.63) is 29.8 Å². The zero-order valence-corrected chi connectivity index (χ0v) is 14.5. The van der Waals surface area contributed by atoms with Crippen molar-refractivity contribution < 1.29 is 9.53 Å². The van der Waals surface area contributed by atoms with Crippen LogP contribution in [0, 0.1) is 6.92 Å². The molecule has 1 heterocycles. The molecule has 0 radical (unpaired) electrons. The lowest BCUT2D eigenvalue weighted by atomic mass is 10.1. The standard InChI is InChI=1S/C16H22N4O2S/c1-12-7-4-5-8-13(12)15-18-19-16(20(15)2)23-11-14(21)17-9-6-10-22-3/h4-5,7-8H,6,9-11H2,1-3H3,(H,17,21). The summed E-state index contributed by atoms with van der Waals surface area (Å²) in [5.41, 5.74) is 2.20. The van der Waals surface area contributed by atoms with Crippen LogP contribution in [0.4, 0.5) is 0 Å². The van der Waals surface area contributed by atoms with Gasteiger partial charge in [0, 0.05) is 32.9 Å². The van der Waals surface area contributed by atoms with Crippen molar-refractivity contribution in [2.45, 2.75) is 18.5 Å². The second-order valence-electron chi connectivity index (χ2n) is 5.17. The molecule has 0 saturated heterocycles. The summed E-state index contributed by atoms with van der Waals surface area (Å²) >= 11 is 1.39. The number of hydrogen-bond acceptors (Lipinski definition) is 5. The molecule has 0 aliphatic heterocycles. The first-order valence-corrected chi connectivity index (χ1v) is 8.46. The highest BCUT2D eigenvalue weighted by Crippen LogP contribution is 2.24. The summed E-state index contributed by atoms with van der Waals surface area (Å²) in [4.78, 5) is 11.8. The van der Waals surface area contributed by atoms with Gasteiger partial charge in [-0.3, -0.25) is 4.79 Å². The topological polar surface area (TPSA) is 69.0 Å². The van der Waals surface area contributed by atoms with Gasteiger partial charge in [0.15, 0.2) is 11.0 Å². The number of hydrogen-bond donors (Lipinski definition) is 1. The van der Waals surface area contributed by atoms with E-state index in [4.69, 9.17) is 4.74 Å². The van der Waals surface area contributed by atoms with E-state index in [2.05, 4.69) is 15.5 Å². The fourth-order valence-electron chi connectivity index (χ4n) is 2.12. The Kier molecular flexibility index (Phi) is 6.61. The number of carbonyl (C=O) groups excluding carboxylic acids is 1. The molecule has 1 aromatic carbocycles. The Morgan fingerprint density at radius 3 is 2.87 bits per heavy atom. The van der Waals surface area contributed by atoms with Crippen molar-refractivity contribution in [1.29, 1.82) is 0 Å². The van der Waals surface area contributed by atoms with E-state index in [1.807, 2.05) is 42.8 Å². The Hall–Kier alpha value is -1.86. The summed E-state index contributed by atoms with van der Waals surface area (Å²) in [6.07, 6.45) is 0.814. The van der Waals surface area contributed by atoms with E-state index in [0.29, 0.717) is 18.9 Å². The number of nitrogens with zero attached hydrogens (tertiary/aromatic N) is 3. The maximum absolute atomic E-state index is 11.8. The van der Waals surface area contributed by atoms with Crippen LogP contribution < -0.4 is 5.32 Å². The molecule has 0 fully saturated rings. The number of aromatic nitrogens is 3. The molecule has 1 amide bonds. The van der Waals surface area contributed by atoms with Gasteiger partial charge < -0.3 is 14.6 Å². The molecule has 0 unspecified atom stereocenters. The monoisotopic (exact) mass is 334 g/mol. The Labute approximate surface area is 140 Å². The van der Waals surface area contributed by atoms with Crippen LogP contribution in [-0.4, -0.2) is 46.7 Å². The molecule has 0 atom stereocenters. The SMILES string of the molecule is COCCCNC(=O)CSc1nnc(-c2ccccc2C)n1C. The lowest BCUT2D eigenvalue weighted by Crippen LogP contribution is -2.26.